The van der Waals surface area contributed by atoms with Crippen LogP contribution in [0.1, 0.15) is 30.9 Å². The molecule has 0 amide bonds. The molecule has 3 aromatic rings. The summed E-state index contributed by atoms with van der Waals surface area (Å²) < 4.78 is 56.7. The minimum absolute atomic E-state index is 0.0157. The molecule has 7 nitrogen and oxygen atoms in total. The van der Waals surface area contributed by atoms with Crippen LogP contribution in [0.2, 0.25) is 0 Å². The third-order valence-electron chi connectivity index (χ3n) is 6.40. The standard InChI is InChI=1S/C25H25F3N4O3S/c1-16-6-3-4-7-17(16)22-18(25(26,27)28)10-11-19(29-22)31-36(35)21-9-5-8-20(30-21)32-14-12-24(2,13-15-32)23(33)34/h3-11H,12-15H2,1-2H3,(H,29,31)(H,33,34). The molecule has 4 rings (SSSR count). The Morgan fingerprint density at radius 2 is 1.78 bits per heavy atom. The third-order valence-corrected chi connectivity index (χ3v) is 7.41. The number of carboxylic acids is 1. The monoisotopic (exact) mass is 518 g/mol. The average Bonchev–Trinajstić information content (AvgIpc) is 2.84. The predicted octanol–water partition coefficient (Wildman–Crippen LogP) is 5.30. The number of piperidine rings is 1. The van der Waals surface area contributed by atoms with E-state index in [-0.39, 0.29) is 16.5 Å². The number of anilines is 2. The molecule has 2 aromatic heterocycles. The van der Waals surface area contributed by atoms with Crippen LogP contribution < -0.4 is 9.62 Å². The number of aryl methyl sites for hydroxylation is 1. The van der Waals surface area contributed by atoms with Crippen LogP contribution in [0, 0.1) is 12.3 Å². The van der Waals surface area contributed by atoms with Gasteiger partial charge in [0, 0.05) is 24.7 Å². The molecule has 0 aliphatic carbocycles. The molecular weight excluding hydrogens is 493 g/mol. The van der Waals surface area contributed by atoms with Gasteiger partial charge in [-0.25, -0.2) is 4.98 Å². The van der Waals surface area contributed by atoms with Gasteiger partial charge in [-0.3, -0.25) is 4.79 Å². The molecule has 11 heteroatoms. The lowest BCUT2D eigenvalue weighted by molar-refractivity contribution is -0.149. The number of nitrogens with zero attached hydrogens (tertiary/aromatic N) is 3. The largest absolute Gasteiger partial charge is 0.587 e. The van der Waals surface area contributed by atoms with Crippen LogP contribution in [0.5, 0.6) is 0 Å². The van der Waals surface area contributed by atoms with Crippen LogP contribution in [0.15, 0.2) is 59.6 Å². The Hall–Kier alpha value is -3.31. The second-order valence-corrected chi connectivity index (χ2v) is 10.1. The van der Waals surface area contributed by atoms with Gasteiger partial charge in [0.05, 0.1) is 16.7 Å². The molecule has 1 unspecified atom stereocenters. The van der Waals surface area contributed by atoms with Crippen molar-refractivity contribution in [2.45, 2.75) is 37.9 Å². The van der Waals surface area contributed by atoms with Crippen molar-refractivity contribution in [3.05, 3.63) is 65.7 Å². The Morgan fingerprint density at radius 3 is 2.42 bits per heavy atom. The van der Waals surface area contributed by atoms with Gasteiger partial charge in [-0.1, -0.05) is 30.3 Å². The van der Waals surface area contributed by atoms with Gasteiger partial charge in [-0.2, -0.15) is 22.9 Å². The molecule has 1 fully saturated rings. The molecule has 1 saturated heterocycles. The molecular formula is C25H25F3N4O3S. The van der Waals surface area contributed by atoms with Crippen LogP contribution in [0.25, 0.3) is 11.3 Å². The van der Waals surface area contributed by atoms with Crippen LogP contribution in [-0.4, -0.2) is 38.7 Å². The number of hydrogen-bond donors (Lipinski definition) is 2. The SMILES string of the molecule is Cc1ccccc1-c1nc(N[S+]([O-])c2cccc(N3CCC(C)(C(=O)O)CC3)n2)ccc1C(F)(F)F. The van der Waals surface area contributed by atoms with Crippen molar-refractivity contribution in [2.24, 2.45) is 5.41 Å². The number of aliphatic carboxylic acids is 1. The number of nitrogens with one attached hydrogen (secondary N) is 1. The molecule has 190 valence electrons. The number of pyridine rings is 2. The first-order valence-corrected chi connectivity index (χ1v) is 12.4. The van der Waals surface area contributed by atoms with E-state index in [2.05, 4.69) is 14.7 Å². The maximum atomic E-state index is 13.7. The summed E-state index contributed by atoms with van der Waals surface area (Å²) in [6.45, 7) is 4.39. The molecule has 0 radical (unpaired) electrons. The number of alkyl halides is 3. The number of aromatic nitrogens is 2. The van der Waals surface area contributed by atoms with Gasteiger partial charge in [-0.05, 0) is 50.5 Å². The number of rotatable bonds is 6. The van der Waals surface area contributed by atoms with Crippen LogP contribution >= 0.6 is 0 Å². The summed E-state index contributed by atoms with van der Waals surface area (Å²) in [5.74, 6) is -0.263. The predicted molar refractivity (Wildman–Crippen MR) is 131 cm³/mol. The van der Waals surface area contributed by atoms with Crippen molar-refractivity contribution in [3.8, 4) is 11.3 Å². The van der Waals surface area contributed by atoms with E-state index in [0.717, 1.165) is 12.1 Å². The summed E-state index contributed by atoms with van der Waals surface area (Å²) in [7, 11) is 0. The lowest BCUT2D eigenvalue weighted by Gasteiger charge is -2.37. The minimum Gasteiger partial charge on any atom is -0.587 e. The molecule has 2 N–H and O–H groups in total. The van der Waals surface area contributed by atoms with Crippen molar-refractivity contribution in [1.82, 2.24) is 9.97 Å². The molecule has 1 aliphatic heterocycles. The fourth-order valence-electron chi connectivity index (χ4n) is 4.06. The Kier molecular flexibility index (Phi) is 7.14. The van der Waals surface area contributed by atoms with Crippen molar-refractivity contribution in [2.75, 3.05) is 22.7 Å². The maximum absolute atomic E-state index is 13.7. The fraction of sp³-hybridized carbons (Fsp3) is 0.320. The molecule has 0 bridgehead atoms. The Labute approximate surface area is 209 Å². The highest BCUT2D eigenvalue weighted by atomic mass is 32.2. The highest BCUT2D eigenvalue weighted by Crippen LogP contribution is 2.38. The van der Waals surface area contributed by atoms with E-state index in [4.69, 9.17) is 0 Å². The van der Waals surface area contributed by atoms with Gasteiger partial charge in [-0.15, -0.1) is 0 Å². The van der Waals surface area contributed by atoms with Crippen molar-refractivity contribution in [3.63, 3.8) is 0 Å². The molecule has 36 heavy (non-hydrogen) atoms. The number of hydrogen-bond acceptors (Lipinski definition) is 6. The second kappa shape index (κ2) is 9.98. The van der Waals surface area contributed by atoms with E-state index in [1.54, 1.807) is 56.3 Å². The van der Waals surface area contributed by atoms with Gasteiger partial charge in [0.15, 0.2) is 5.82 Å². The summed E-state index contributed by atoms with van der Waals surface area (Å²) >= 11 is -1.90. The normalized spacial score (nSPS) is 16.4. The van der Waals surface area contributed by atoms with Gasteiger partial charge in [0.2, 0.25) is 0 Å². The van der Waals surface area contributed by atoms with Gasteiger partial charge < -0.3 is 14.6 Å². The van der Waals surface area contributed by atoms with E-state index in [0.29, 0.717) is 42.9 Å². The first-order valence-electron chi connectivity index (χ1n) is 11.3. The Morgan fingerprint density at radius 1 is 1.08 bits per heavy atom. The zero-order valence-corrected chi connectivity index (χ0v) is 20.5. The summed E-state index contributed by atoms with van der Waals surface area (Å²) in [4.78, 5) is 22.0. The fourth-order valence-corrected chi connectivity index (χ4v) is 4.85. The van der Waals surface area contributed by atoms with E-state index in [9.17, 15) is 27.6 Å². The number of benzene rings is 1. The molecule has 3 heterocycles. The first-order chi connectivity index (χ1) is 17.0. The lowest BCUT2D eigenvalue weighted by atomic mass is 9.80. The Balaban J connectivity index is 1.56. The molecule has 1 atom stereocenters. The maximum Gasteiger partial charge on any atom is 0.418 e. The highest BCUT2D eigenvalue weighted by molar-refractivity contribution is 7.92. The number of carbonyl (C=O) groups is 1. The summed E-state index contributed by atoms with van der Waals surface area (Å²) in [5, 5.41) is 9.61. The zero-order valence-electron chi connectivity index (χ0n) is 19.7. The summed E-state index contributed by atoms with van der Waals surface area (Å²) in [6, 6.07) is 13.7. The van der Waals surface area contributed by atoms with E-state index in [1.807, 2.05) is 4.90 Å². The lowest BCUT2D eigenvalue weighted by Crippen LogP contribution is -2.43. The van der Waals surface area contributed by atoms with Gasteiger partial charge in [0.25, 0.3) is 5.03 Å². The van der Waals surface area contributed by atoms with Crippen LogP contribution in [0.4, 0.5) is 24.8 Å². The van der Waals surface area contributed by atoms with Crippen molar-refractivity contribution < 1.29 is 27.6 Å². The quantitative estimate of drug-likeness (QED) is 0.427. The molecule has 1 aliphatic rings. The van der Waals surface area contributed by atoms with Crippen LogP contribution in [-0.2, 0) is 22.3 Å². The van der Waals surface area contributed by atoms with Gasteiger partial charge in [0.1, 0.15) is 17.2 Å². The topological polar surface area (TPSA) is 101 Å². The smallest absolute Gasteiger partial charge is 0.418 e. The second-order valence-electron chi connectivity index (χ2n) is 8.96. The van der Waals surface area contributed by atoms with Crippen molar-refractivity contribution >= 4 is 29.0 Å². The number of carboxylic acid groups (broad SMARTS) is 1. The van der Waals surface area contributed by atoms with Gasteiger partial charge >= 0.3 is 12.1 Å². The summed E-state index contributed by atoms with van der Waals surface area (Å²) in [5.41, 5.74) is -0.964. The van der Waals surface area contributed by atoms with E-state index >= 15 is 0 Å². The Bertz CT molecular complexity index is 1260. The van der Waals surface area contributed by atoms with Crippen molar-refractivity contribution in [1.29, 1.82) is 0 Å². The third kappa shape index (κ3) is 5.41. The summed E-state index contributed by atoms with van der Waals surface area (Å²) in [6.07, 6.45) is -3.71. The van der Waals surface area contributed by atoms with Crippen LogP contribution in [0.3, 0.4) is 0 Å². The van der Waals surface area contributed by atoms with E-state index < -0.39 is 34.5 Å². The first kappa shape index (κ1) is 25.8. The zero-order chi connectivity index (χ0) is 26.1. The molecule has 1 aromatic carbocycles. The van der Waals surface area contributed by atoms with E-state index in [1.165, 1.54) is 0 Å². The molecule has 0 spiro atoms. The highest BCUT2D eigenvalue weighted by Gasteiger charge is 2.38. The minimum atomic E-state index is -4.61. The molecule has 0 saturated carbocycles. The average molecular weight is 519 g/mol. The number of halogens is 3.